The minimum absolute atomic E-state index is 0.107. The largest absolute Gasteiger partial charge is 0.502 e. The maximum atomic E-state index is 11.4. The Bertz CT molecular complexity index is 2530. The molecule has 6 nitrogen and oxygen atoms in total. The fourth-order valence-corrected chi connectivity index (χ4v) is 7.75. The highest BCUT2D eigenvalue weighted by atomic mass is 32.1. The number of benzene rings is 6. The van der Waals surface area contributed by atoms with Crippen molar-refractivity contribution in [2.24, 2.45) is 0 Å². The third-order valence-electron chi connectivity index (χ3n) is 9.06. The molecule has 0 unspecified atom stereocenters. The number of fused-ring (bicyclic) bond motifs is 4. The molecule has 1 N–H and O–H groups in total. The van der Waals surface area contributed by atoms with Gasteiger partial charge in [0.1, 0.15) is 11.6 Å². The average molecular weight is 670 g/mol. The molecule has 8 aromatic rings. The number of anilines is 3. The first-order valence-electron chi connectivity index (χ1n) is 16.4. The van der Waals surface area contributed by atoms with Gasteiger partial charge in [0.15, 0.2) is 11.5 Å². The quantitative estimate of drug-likeness (QED) is 0.182. The molecule has 0 saturated carbocycles. The Morgan fingerprint density at radius 1 is 0.580 bits per heavy atom. The minimum atomic E-state index is -0.107. The van der Waals surface area contributed by atoms with Crippen molar-refractivity contribution in [1.29, 1.82) is 0 Å². The van der Waals surface area contributed by atoms with E-state index in [1.165, 1.54) is 20.2 Å². The number of nitrogens with zero attached hydrogens (tertiary/aromatic N) is 3. The molecule has 242 valence electrons. The molecule has 1 aliphatic heterocycles. The number of aromatic nitrogens is 1. The van der Waals surface area contributed by atoms with Crippen LogP contribution in [0.1, 0.15) is 0 Å². The fourth-order valence-electron chi connectivity index (χ4n) is 6.61. The van der Waals surface area contributed by atoms with E-state index in [4.69, 9.17) is 14.5 Å². The monoisotopic (exact) mass is 669 g/mol. The van der Waals surface area contributed by atoms with Gasteiger partial charge in [-0.3, -0.25) is 0 Å². The van der Waals surface area contributed by atoms with Gasteiger partial charge in [0.2, 0.25) is 11.6 Å². The Hall–Kier alpha value is -6.31. The van der Waals surface area contributed by atoms with Crippen LogP contribution in [-0.2, 0) is 0 Å². The SMILES string of the molecule is CN1CN(c2cc(-c3ccc4c(c3)sc3ccccc34)cc(Oc3cccc(Oc4cccc(-c5ccccc5)c4)c3O)n2)c2ccccc21. The van der Waals surface area contributed by atoms with E-state index < -0.39 is 0 Å². The van der Waals surface area contributed by atoms with Crippen LogP contribution in [0.5, 0.6) is 28.9 Å². The van der Waals surface area contributed by atoms with Gasteiger partial charge in [-0.05, 0) is 76.9 Å². The van der Waals surface area contributed by atoms with Crippen LogP contribution in [-0.4, -0.2) is 23.8 Å². The highest BCUT2D eigenvalue weighted by molar-refractivity contribution is 7.25. The molecular weight excluding hydrogens is 639 g/mol. The van der Waals surface area contributed by atoms with Crippen molar-refractivity contribution in [2.75, 3.05) is 23.5 Å². The summed E-state index contributed by atoms with van der Waals surface area (Å²) in [5.41, 5.74) is 6.32. The van der Waals surface area contributed by atoms with Gasteiger partial charge in [0, 0.05) is 33.3 Å². The summed E-state index contributed by atoms with van der Waals surface area (Å²) in [6.45, 7) is 0.640. The first-order valence-corrected chi connectivity index (χ1v) is 17.2. The van der Waals surface area contributed by atoms with E-state index in [0.29, 0.717) is 18.3 Å². The maximum absolute atomic E-state index is 11.4. The van der Waals surface area contributed by atoms with Crippen LogP contribution in [0.15, 0.2) is 152 Å². The number of pyridine rings is 1. The van der Waals surface area contributed by atoms with Crippen molar-refractivity contribution in [3.8, 4) is 51.1 Å². The molecule has 0 spiro atoms. The lowest BCUT2D eigenvalue weighted by atomic mass is 10.0. The number of rotatable bonds is 7. The van der Waals surface area contributed by atoms with Gasteiger partial charge in [-0.1, -0.05) is 91.0 Å². The molecule has 0 amide bonds. The molecule has 7 heteroatoms. The van der Waals surface area contributed by atoms with Gasteiger partial charge in [-0.25, -0.2) is 0 Å². The van der Waals surface area contributed by atoms with Crippen LogP contribution in [0, 0.1) is 0 Å². The molecule has 0 aliphatic carbocycles. The maximum Gasteiger partial charge on any atom is 0.222 e. The van der Waals surface area contributed by atoms with E-state index in [1.807, 2.05) is 60.7 Å². The lowest BCUT2D eigenvalue weighted by molar-refractivity contribution is 0.374. The fraction of sp³-hybridized carbons (Fsp3) is 0.0465. The zero-order chi connectivity index (χ0) is 33.6. The molecule has 0 atom stereocenters. The highest BCUT2D eigenvalue weighted by Gasteiger charge is 2.26. The van der Waals surface area contributed by atoms with Crippen molar-refractivity contribution in [1.82, 2.24) is 4.98 Å². The van der Waals surface area contributed by atoms with Crippen LogP contribution in [0.25, 0.3) is 42.4 Å². The first-order chi connectivity index (χ1) is 24.6. The van der Waals surface area contributed by atoms with Crippen molar-refractivity contribution < 1.29 is 14.6 Å². The lowest BCUT2D eigenvalue weighted by Crippen LogP contribution is -2.24. The van der Waals surface area contributed by atoms with E-state index >= 15 is 0 Å². The van der Waals surface area contributed by atoms with Crippen LogP contribution in [0.2, 0.25) is 0 Å². The molecule has 9 rings (SSSR count). The van der Waals surface area contributed by atoms with Crippen molar-refractivity contribution in [2.45, 2.75) is 0 Å². The van der Waals surface area contributed by atoms with E-state index in [9.17, 15) is 5.11 Å². The van der Waals surface area contributed by atoms with Crippen LogP contribution >= 0.6 is 11.3 Å². The molecule has 3 heterocycles. The number of phenols is 1. The molecular formula is C43H31N3O3S. The van der Waals surface area contributed by atoms with E-state index in [2.05, 4.69) is 89.6 Å². The summed E-state index contributed by atoms with van der Waals surface area (Å²) in [5.74, 6) is 2.14. The smallest absolute Gasteiger partial charge is 0.222 e. The van der Waals surface area contributed by atoms with Crippen LogP contribution < -0.4 is 19.3 Å². The van der Waals surface area contributed by atoms with Gasteiger partial charge in [-0.15, -0.1) is 11.3 Å². The number of para-hydroxylation sites is 3. The third-order valence-corrected chi connectivity index (χ3v) is 10.2. The molecule has 0 saturated heterocycles. The molecule has 0 bridgehead atoms. The van der Waals surface area contributed by atoms with Crippen LogP contribution in [0.4, 0.5) is 17.2 Å². The molecule has 0 radical (unpaired) electrons. The zero-order valence-corrected chi connectivity index (χ0v) is 28.0. The molecule has 50 heavy (non-hydrogen) atoms. The van der Waals surface area contributed by atoms with E-state index in [0.717, 1.165) is 39.4 Å². The number of aromatic hydroxyl groups is 1. The predicted octanol–water partition coefficient (Wildman–Crippen LogP) is 11.6. The van der Waals surface area contributed by atoms with Crippen LogP contribution in [0.3, 0.4) is 0 Å². The summed E-state index contributed by atoms with van der Waals surface area (Å²) in [6.07, 6.45) is 0. The topological polar surface area (TPSA) is 58.1 Å². The summed E-state index contributed by atoms with van der Waals surface area (Å²) >= 11 is 1.79. The minimum Gasteiger partial charge on any atom is -0.502 e. The highest BCUT2D eigenvalue weighted by Crippen LogP contribution is 2.44. The number of ether oxygens (including phenoxy) is 2. The molecule has 2 aromatic heterocycles. The summed E-state index contributed by atoms with van der Waals surface area (Å²) < 4.78 is 15.1. The first kappa shape index (κ1) is 29.8. The Labute approximate surface area is 293 Å². The van der Waals surface area contributed by atoms with Gasteiger partial charge in [0.05, 0.1) is 18.0 Å². The molecule has 0 fully saturated rings. The second kappa shape index (κ2) is 12.3. The second-order valence-electron chi connectivity index (χ2n) is 12.3. The van der Waals surface area contributed by atoms with E-state index in [-0.39, 0.29) is 17.2 Å². The third kappa shape index (κ3) is 5.44. The Morgan fingerprint density at radius 2 is 1.28 bits per heavy atom. The summed E-state index contributed by atoms with van der Waals surface area (Å²) in [6, 6.07) is 50.6. The number of phenolic OH excluding ortho intramolecular Hbond substituents is 1. The van der Waals surface area contributed by atoms with E-state index in [1.54, 1.807) is 29.5 Å². The van der Waals surface area contributed by atoms with Gasteiger partial charge in [-0.2, -0.15) is 4.98 Å². The van der Waals surface area contributed by atoms with Crippen molar-refractivity contribution >= 4 is 48.7 Å². The summed E-state index contributed by atoms with van der Waals surface area (Å²) in [4.78, 5) is 9.38. The summed E-state index contributed by atoms with van der Waals surface area (Å²) in [5, 5.41) is 13.9. The van der Waals surface area contributed by atoms with Crippen molar-refractivity contribution in [3.05, 3.63) is 152 Å². The Balaban J connectivity index is 1.09. The zero-order valence-electron chi connectivity index (χ0n) is 27.2. The molecule has 6 aromatic carbocycles. The second-order valence-corrected chi connectivity index (χ2v) is 13.4. The lowest BCUT2D eigenvalue weighted by Gasteiger charge is -2.20. The number of hydrogen-bond donors (Lipinski definition) is 1. The average Bonchev–Trinajstić information content (AvgIpc) is 3.71. The standard InChI is InChI=1S/C43H31N3O3S/c1-45-27-46(36-17-7-6-16-35(36)45)41-25-31(30-21-22-34-33-15-5-8-20-39(33)50-40(34)24-30)26-42(44-41)49-38-19-10-18-37(43(38)47)48-32-14-9-13-29(23-32)28-11-3-2-4-12-28/h2-26,47H,27H2,1H3. The number of hydrogen-bond acceptors (Lipinski definition) is 7. The van der Waals surface area contributed by atoms with Gasteiger partial charge in [0.25, 0.3) is 0 Å². The predicted molar refractivity (Wildman–Crippen MR) is 205 cm³/mol. The van der Waals surface area contributed by atoms with Gasteiger partial charge >= 0.3 is 0 Å². The normalized spacial score (nSPS) is 12.4. The van der Waals surface area contributed by atoms with Gasteiger partial charge < -0.3 is 24.4 Å². The van der Waals surface area contributed by atoms with Crippen molar-refractivity contribution in [3.63, 3.8) is 0 Å². The summed E-state index contributed by atoms with van der Waals surface area (Å²) in [7, 11) is 2.08. The number of thiophene rings is 1. The Kier molecular flexibility index (Phi) is 7.33. The Morgan fingerprint density at radius 3 is 2.16 bits per heavy atom. The molecule has 1 aliphatic rings.